The zero-order valence-corrected chi connectivity index (χ0v) is 8.39. The lowest BCUT2D eigenvalue weighted by atomic mass is 10.2. The first-order chi connectivity index (χ1) is 5.45. The summed E-state index contributed by atoms with van der Waals surface area (Å²) < 4.78 is 23.3. The first-order valence-corrected chi connectivity index (χ1v) is 6.00. The summed E-state index contributed by atoms with van der Waals surface area (Å²) in [5.41, 5.74) is 0. The second-order valence-corrected chi connectivity index (χ2v) is 4.68. The lowest BCUT2D eigenvalue weighted by Gasteiger charge is -2.09. The molecule has 0 rings (SSSR count). The Hall–Kier alpha value is -0.130. The van der Waals surface area contributed by atoms with Gasteiger partial charge >= 0.3 is 0 Å². The molecule has 0 fully saturated rings. The van der Waals surface area contributed by atoms with Crippen molar-refractivity contribution >= 4 is 10.0 Å². The van der Waals surface area contributed by atoms with Crippen molar-refractivity contribution in [2.24, 2.45) is 0 Å². The third-order valence-corrected chi connectivity index (χ3v) is 2.13. The van der Waals surface area contributed by atoms with Crippen LogP contribution in [0.1, 0.15) is 32.6 Å². The van der Waals surface area contributed by atoms with E-state index in [-0.39, 0.29) is 0 Å². The predicted octanol–water partition coefficient (Wildman–Crippen LogP) is 0.434. The summed E-state index contributed by atoms with van der Waals surface area (Å²) in [6.45, 7) is 2.05. The van der Waals surface area contributed by atoms with Crippen LogP contribution in [0.3, 0.4) is 0 Å². The molecule has 4 nitrogen and oxygen atoms in total. The van der Waals surface area contributed by atoms with Gasteiger partial charge in [-0.05, 0) is 12.8 Å². The van der Waals surface area contributed by atoms with Gasteiger partial charge in [0.25, 0.3) is 0 Å². The predicted molar refractivity (Wildman–Crippen MR) is 48.1 cm³/mol. The van der Waals surface area contributed by atoms with E-state index in [4.69, 9.17) is 5.11 Å². The summed E-state index contributed by atoms with van der Waals surface area (Å²) in [6.07, 6.45) is 3.53. The highest BCUT2D eigenvalue weighted by atomic mass is 32.2. The third kappa shape index (κ3) is 7.97. The first-order valence-electron chi connectivity index (χ1n) is 4.11. The van der Waals surface area contributed by atoms with Crippen molar-refractivity contribution in [1.29, 1.82) is 0 Å². The Morgan fingerprint density at radius 2 is 2.00 bits per heavy atom. The van der Waals surface area contributed by atoms with Crippen LogP contribution in [0, 0.1) is 0 Å². The maximum Gasteiger partial charge on any atom is 0.210 e. The number of sulfonamides is 1. The van der Waals surface area contributed by atoms with E-state index in [9.17, 15) is 8.42 Å². The minimum Gasteiger partial charge on any atom is -0.378 e. The molecule has 0 heterocycles. The van der Waals surface area contributed by atoms with Crippen molar-refractivity contribution in [1.82, 2.24) is 4.72 Å². The van der Waals surface area contributed by atoms with Crippen molar-refractivity contribution in [2.45, 2.75) is 38.8 Å². The summed E-state index contributed by atoms with van der Waals surface area (Å²) in [5, 5.41) is 9.12. The fourth-order valence-electron chi connectivity index (χ4n) is 0.894. The van der Waals surface area contributed by atoms with Gasteiger partial charge in [-0.1, -0.05) is 19.8 Å². The van der Waals surface area contributed by atoms with Crippen LogP contribution in [0.25, 0.3) is 0 Å². The average Bonchev–Trinajstić information content (AvgIpc) is 1.84. The largest absolute Gasteiger partial charge is 0.378 e. The van der Waals surface area contributed by atoms with E-state index in [0.29, 0.717) is 6.42 Å². The molecule has 2 N–H and O–H groups in total. The van der Waals surface area contributed by atoms with Crippen LogP contribution in [0.5, 0.6) is 0 Å². The summed E-state index contributed by atoms with van der Waals surface area (Å²) in [5.74, 6) is 0. The minimum absolute atomic E-state index is 0.487. The van der Waals surface area contributed by atoms with Gasteiger partial charge in [-0.3, -0.25) is 0 Å². The fourth-order valence-corrected chi connectivity index (χ4v) is 1.51. The molecule has 0 radical (unpaired) electrons. The molecule has 0 aliphatic carbocycles. The summed E-state index contributed by atoms with van der Waals surface area (Å²) >= 11 is 0. The molecule has 12 heavy (non-hydrogen) atoms. The van der Waals surface area contributed by atoms with Gasteiger partial charge in [0.15, 0.2) is 0 Å². The van der Waals surface area contributed by atoms with E-state index in [1.807, 2.05) is 0 Å². The van der Waals surface area contributed by atoms with Gasteiger partial charge in [0, 0.05) is 0 Å². The molecule has 0 aromatic carbocycles. The zero-order chi connectivity index (χ0) is 9.61. The summed E-state index contributed by atoms with van der Waals surface area (Å²) in [7, 11) is -3.26. The lowest BCUT2D eigenvalue weighted by Crippen LogP contribution is -2.33. The van der Waals surface area contributed by atoms with E-state index in [1.54, 1.807) is 0 Å². The Morgan fingerprint density at radius 3 is 2.42 bits per heavy atom. The molecule has 0 aromatic heterocycles. The molecule has 74 valence electrons. The van der Waals surface area contributed by atoms with Crippen LogP contribution in [-0.2, 0) is 10.0 Å². The number of unbranched alkanes of at least 4 members (excludes halogenated alkanes) is 2. The molecule has 0 aliphatic rings. The van der Waals surface area contributed by atoms with Crippen LogP contribution in [0.15, 0.2) is 0 Å². The molecule has 1 atom stereocenters. The third-order valence-electron chi connectivity index (χ3n) is 1.43. The molecule has 0 bridgehead atoms. The number of aliphatic hydroxyl groups excluding tert-OH is 1. The normalized spacial score (nSPS) is 14.6. The number of rotatable bonds is 6. The highest BCUT2D eigenvalue weighted by Gasteiger charge is 2.08. The molecule has 0 spiro atoms. The van der Waals surface area contributed by atoms with Crippen molar-refractivity contribution in [3.05, 3.63) is 0 Å². The Bertz CT molecular complexity index is 201. The van der Waals surface area contributed by atoms with Crippen LogP contribution in [0.2, 0.25) is 0 Å². The van der Waals surface area contributed by atoms with E-state index in [1.165, 1.54) is 0 Å². The maximum absolute atomic E-state index is 10.6. The lowest BCUT2D eigenvalue weighted by molar-refractivity contribution is 0.150. The number of aliphatic hydroxyl groups is 1. The van der Waals surface area contributed by atoms with Crippen LogP contribution in [-0.4, -0.2) is 26.0 Å². The van der Waals surface area contributed by atoms with Crippen LogP contribution in [0.4, 0.5) is 0 Å². The zero-order valence-electron chi connectivity index (χ0n) is 7.58. The maximum atomic E-state index is 10.6. The van der Waals surface area contributed by atoms with E-state index in [0.717, 1.165) is 25.5 Å². The van der Waals surface area contributed by atoms with Gasteiger partial charge in [0.2, 0.25) is 10.0 Å². The Balaban J connectivity index is 3.53. The minimum atomic E-state index is -3.26. The van der Waals surface area contributed by atoms with Crippen LogP contribution < -0.4 is 4.72 Å². The van der Waals surface area contributed by atoms with Crippen molar-refractivity contribution in [3.63, 3.8) is 0 Å². The number of hydrogen-bond acceptors (Lipinski definition) is 3. The van der Waals surface area contributed by atoms with Crippen molar-refractivity contribution in [3.8, 4) is 0 Å². The van der Waals surface area contributed by atoms with Gasteiger partial charge < -0.3 is 5.11 Å². The second-order valence-electron chi connectivity index (χ2n) is 2.90. The molecule has 0 amide bonds. The second kappa shape index (κ2) is 5.50. The smallest absolute Gasteiger partial charge is 0.210 e. The van der Waals surface area contributed by atoms with Gasteiger partial charge in [-0.25, -0.2) is 8.42 Å². The van der Waals surface area contributed by atoms with Gasteiger partial charge in [-0.2, -0.15) is 4.72 Å². The Kier molecular flexibility index (Phi) is 5.44. The quantitative estimate of drug-likeness (QED) is 0.477. The summed E-state index contributed by atoms with van der Waals surface area (Å²) in [6, 6.07) is 0. The average molecular weight is 195 g/mol. The van der Waals surface area contributed by atoms with Crippen LogP contribution >= 0.6 is 0 Å². The Morgan fingerprint density at radius 1 is 1.42 bits per heavy atom. The highest BCUT2D eigenvalue weighted by Crippen LogP contribution is 2.01. The molecule has 1 unspecified atom stereocenters. The number of nitrogens with one attached hydrogen (secondary N) is 1. The fraction of sp³-hybridized carbons (Fsp3) is 1.00. The molecule has 0 aliphatic heterocycles. The van der Waals surface area contributed by atoms with E-state index < -0.39 is 16.3 Å². The van der Waals surface area contributed by atoms with Gasteiger partial charge in [0.1, 0.15) is 6.23 Å². The molecule has 0 saturated carbocycles. The molecule has 0 saturated heterocycles. The summed E-state index contributed by atoms with van der Waals surface area (Å²) in [4.78, 5) is 0. The SMILES string of the molecule is CCCCCC(O)NS(C)(=O)=O. The van der Waals surface area contributed by atoms with Gasteiger partial charge in [-0.15, -0.1) is 0 Å². The topological polar surface area (TPSA) is 66.4 Å². The molecule has 5 heteroatoms. The monoisotopic (exact) mass is 195 g/mol. The number of hydrogen-bond donors (Lipinski definition) is 2. The van der Waals surface area contributed by atoms with E-state index >= 15 is 0 Å². The van der Waals surface area contributed by atoms with E-state index in [2.05, 4.69) is 11.6 Å². The molecule has 0 aromatic rings. The first kappa shape index (κ1) is 11.9. The highest BCUT2D eigenvalue weighted by molar-refractivity contribution is 7.88. The van der Waals surface area contributed by atoms with Crippen molar-refractivity contribution in [2.75, 3.05) is 6.26 Å². The molecular formula is C7H17NO3S. The van der Waals surface area contributed by atoms with Gasteiger partial charge in [0.05, 0.1) is 6.26 Å². The van der Waals surface area contributed by atoms with Crippen molar-refractivity contribution < 1.29 is 13.5 Å². The standard InChI is InChI=1S/C7H17NO3S/c1-3-4-5-6-7(9)8-12(2,10)11/h7-9H,3-6H2,1-2H3. The Labute approximate surface area is 74.0 Å². The molecular weight excluding hydrogens is 178 g/mol.